The van der Waals surface area contributed by atoms with E-state index in [2.05, 4.69) is 5.32 Å². The Morgan fingerprint density at radius 3 is 2.30 bits per heavy atom. The van der Waals surface area contributed by atoms with Gasteiger partial charge in [-0.25, -0.2) is 0 Å². The number of rotatable bonds is 5. The van der Waals surface area contributed by atoms with Gasteiger partial charge in [0.25, 0.3) is 0 Å². The molecule has 3 N–H and O–H groups in total. The van der Waals surface area contributed by atoms with Crippen LogP contribution in [0.5, 0.6) is 11.5 Å². The third-order valence-corrected chi connectivity index (χ3v) is 3.39. The summed E-state index contributed by atoms with van der Waals surface area (Å²) in [6.07, 6.45) is 0. The van der Waals surface area contributed by atoms with Gasteiger partial charge in [-0.2, -0.15) is 0 Å². The molecular formula is C17H17ClN2O3. The molecule has 2 aromatic carbocycles. The maximum atomic E-state index is 11.7. The standard InChI is InChI=1S/C17H17ClN2O3/c1-10(2)17(22)20-12-5-8-15(14(18)9-12)23-13-6-3-11(4-7-13)16(19)21/h3-10H,1-2H3,(H2,19,21)(H,20,22). The largest absolute Gasteiger partial charge is 0.456 e. The molecule has 23 heavy (non-hydrogen) atoms. The van der Waals surface area contributed by atoms with Gasteiger partial charge < -0.3 is 15.8 Å². The van der Waals surface area contributed by atoms with Crippen LogP contribution in [0.1, 0.15) is 24.2 Å². The van der Waals surface area contributed by atoms with Crippen molar-refractivity contribution in [3.63, 3.8) is 0 Å². The van der Waals surface area contributed by atoms with E-state index in [4.69, 9.17) is 22.1 Å². The Hall–Kier alpha value is -2.53. The van der Waals surface area contributed by atoms with Crippen LogP contribution in [0.25, 0.3) is 0 Å². The van der Waals surface area contributed by atoms with Crippen molar-refractivity contribution in [2.24, 2.45) is 11.7 Å². The lowest BCUT2D eigenvalue weighted by atomic mass is 10.2. The first kappa shape index (κ1) is 16.8. The smallest absolute Gasteiger partial charge is 0.248 e. The number of nitrogens with two attached hydrogens (primary N) is 1. The van der Waals surface area contributed by atoms with E-state index in [1.807, 2.05) is 13.8 Å². The lowest BCUT2D eigenvalue weighted by Gasteiger charge is -2.11. The molecule has 120 valence electrons. The fraction of sp³-hybridized carbons (Fsp3) is 0.176. The second-order valence-electron chi connectivity index (χ2n) is 5.28. The summed E-state index contributed by atoms with van der Waals surface area (Å²) >= 11 is 6.17. The van der Waals surface area contributed by atoms with Crippen LogP contribution in [0, 0.1) is 5.92 Å². The fourth-order valence-corrected chi connectivity index (χ4v) is 1.98. The van der Waals surface area contributed by atoms with E-state index in [9.17, 15) is 9.59 Å². The summed E-state index contributed by atoms with van der Waals surface area (Å²) in [6.45, 7) is 3.62. The van der Waals surface area contributed by atoms with Gasteiger partial charge in [-0.05, 0) is 42.5 Å². The molecule has 2 amide bonds. The van der Waals surface area contributed by atoms with Crippen molar-refractivity contribution in [1.29, 1.82) is 0 Å². The summed E-state index contributed by atoms with van der Waals surface area (Å²) < 4.78 is 5.65. The number of amides is 2. The predicted molar refractivity (Wildman–Crippen MR) is 90.0 cm³/mol. The number of primary amides is 1. The number of carbonyl (C=O) groups is 2. The Bertz CT molecular complexity index is 727. The molecule has 0 aliphatic heterocycles. The number of carbonyl (C=O) groups excluding carboxylic acids is 2. The Balaban J connectivity index is 2.11. The van der Waals surface area contributed by atoms with Gasteiger partial charge in [0.2, 0.25) is 11.8 Å². The van der Waals surface area contributed by atoms with Crippen LogP contribution < -0.4 is 15.8 Å². The number of hydrogen-bond acceptors (Lipinski definition) is 3. The first-order valence-corrected chi connectivity index (χ1v) is 7.42. The van der Waals surface area contributed by atoms with Gasteiger partial charge in [-0.15, -0.1) is 0 Å². The number of hydrogen-bond donors (Lipinski definition) is 2. The minimum atomic E-state index is -0.500. The summed E-state index contributed by atoms with van der Waals surface area (Å²) in [7, 11) is 0. The molecule has 0 aliphatic rings. The normalized spacial score (nSPS) is 10.4. The van der Waals surface area contributed by atoms with Gasteiger partial charge >= 0.3 is 0 Å². The molecule has 2 rings (SSSR count). The van der Waals surface area contributed by atoms with Crippen LogP contribution in [-0.4, -0.2) is 11.8 Å². The highest BCUT2D eigenvalue weighted by atomic mass is 35.5. The first-order chi connectivity index (χ1) is 10.9. The van der Waals surface area contributed by atoms with Crippen molar-refractivity contribution in [3.05, 3.63) is 53.1 Å². The van der Waals surface area contributed by atoms with Gasteiger partial charge in [-0.3, -0.25) is 9.59 Å². The maximum Gasteiger partial charge on any atom is 0.248 e. The molecule has 0 heterocycles. The molecular weight excluding hydrogens is 316 g/mol. The van der Waals surface area contributed by atoms with E-state index in [0.717, 1.165) is 0 Å². The van der Waals surface area contributed by atoms with E-state index in [0.29, 0.717) is 27.8 Å². The third kappa shape index (κ3) is 4.47. The van der Waals surface area contributed by atoms with Gasteiger partial charge in [-0.1, -0.05) is 25.4 Å². The van der Waals surface area contributed by atoms with Gasteiger partial charge in [0, 0.05) is 17.2 Å². The topological polar surface area (TPSA) is 81.4 Å². The molecule has 0 atom stereocenters. The van der Waals surface area contributed by atoms with E-state index in [-0.39, 0.29) is 11.8 Å². The Labute approximate surface area is 139 Å². The zero-order valence-corrected chi connectivity index (χ0v) is 13.6. The third-order valence-electron chi connectivity index (χ3n) is 3.09. The second kappa shape index (κ2) is 7.15. The van der Waals surface area contributed by atoms with Crippen LogP contribution in [0.4, 0.5) is 5.69 Å². The second-order valence-corrected chi connectivity index (χ2v) is 5.69. The SMILES string of the molecule is CC(C)C(=O)Nc1ccc(Oc2ccc(C(N)=O)cc2)c(Cl)c1. The molecule has 0 saturated carbocycles. The van der Waals surface area contributed by atoms with Crippen LogP contribution >= 0.6 is 11.6 Å². The molecule has 0 fully saturated rings. The number of nitrogens with one attached hydrogen (secondary N) is 1. The van der Waals surface area contributed by atoms with Crippen molar-refractivity contribution in [3.8, 4) is 11.5 Å². The lowest BCUT2D eigenvalue weighted by Crippen LogP contribution is -2.17. The summed E-state index contributed by atoms with van der Waals surface area (Å²) in [6, 6.07) is 11.4. The zero-order chi connectivity index (χ0) is 17.0. The molecule has 2 aromatic rings. The molecule has 6 heteroatoms. The molecule has 0 aliphatic carbocycles. The Morgan fingerprint density at radius 2 is 1.78 bits per heavy atom. The molecule has 0 bridgehead atoms. The van der Waals surface area contributed by atoms with Crippen molar-refractivity contribution < 1.29 is 14.3 Å². The molecule has 0 aromatic heterocycles. The molecule has 0 saturated heterocycles. The number of anilines is 1. The van der Waals surface area contributed by atoms with Crippen molar-refractivity contribution in [2.75, 3.05) is 5.32 Å². The van der Waals surface area contributed by atoms with Crippen molar-refractivity contribution in [2.45, 2.75) is 13.8 Å². The zero-order valence-electron chi connectivity index (χ0n) is 12.8. The van der Waals surface area contributed by atoms with E-state index in [1.54, 1.807) is 42.5 Å². The summed E-state index contributed by atoms with van der Waals surface area (Å²) in [5.41, 5.74) is 6.18. The molecule has 0 spiro atoms. The van der Waals surface area contributed by atoms with Crippen molar-refractivity contribution >= 4 is 29.1 Å². The van der Waals surface area contributed by atoms with Crippen LogP contribution in [-0.2, 0) is 4.79 Å². The fourth-order valence-electron chi connectivity index (χ4n) is 1.76. The lowest BCUT2D eigenvalue weighted by molar-refractivity contribution is -0.118. The van der Waals surface area contributed by atoms with E-state index < -0.39 is 5.91 Å². The van der Waals surface area contributed by atoms with Crippen LogP contribution in [0.15, 0.2) is 42.5 Å². The Kier molecular flexibility index (Phi) is 5.24. The van der Waals surface area contributed by atoms with Crippen molar-refractivity contribution in [1.82, 2.24) is 0 Å². The van der Waals surface area contributed by atoms with E-state index in [1.165, 1.54) is 0 Å². The highest BCUT2D eigenvalue weighted by Crippen LogP contribution is 2.31. The summed E-state index contributed by atoms with van der Waals surface area (Å²) in [4.78, 5) is 22.7. The van der Waals surface area contributed by atoms with Gasteiger partial charge in [0.05, 0.1) is 5.02 Å². The van der Waals surface area contributed by atoms with E-state index >= 15 is 0 Å². The number of benzene rings is 2. The van der Waals surface area contributed by atoms with Gasteiger partial charge in [0.1, 0.15) is 11.5 Å². The minimum absolute atomic E-state index is 0.0863. The minimum Gasteiger partial charge on any atom is -0.456 e. The van der Waals surface area contributed by atoms with Crippen LogP contribution in [0.3, 0.4) is 0 Å². The monoisotopic (exact) mass is 332 g/mol. The van der Waals surface area contributed by atoms with Crippen LogP contribution in [0.2, 0.25) is 5.02 Å². The average Bonchev–Trinajstić information content (AvgIpc) is 2.50. The van der Waals surface area contributed by atoms with Gasteiger partial charge in [0.15, 0.2) is 0 Å². The number of ether oxygens (including phenoxy) is 1. The highest BCUT2D eigenvalue weighted by Gasteiger charge is 2.10. The average molecular weight is 333 g/mol. The predicted octanol–water partition coefficient (Wildman–Crippen LogP) is 3.83. The summed E-state index contributed by atoms with van der Waals surface area (Å²) in [5.74, 6) is 0.266. The number of halogens is 1. The quantitative estimate of drug-likeness (QED) is 0.873. The summed E-state index contributed by atoms with van der Waals surface area (Å²) in [5, 5.41) is 3.13. The molecule has 0 radical (unpaired) electrons. The first-order valence-electron chi connectivity index (χ1n) is 7.05. The highest BCUT2D eigenvalue weighted by molar-refractivity contribution is 6.32. The molecule has 0 unspecified atom stereocenters. The Morgan fingerprint density at radius 1 is 1.13 bits per heavy atom. The molecule has 5 nitrogen and oxygen atoms in total. The maximum absolute atomic E-state index is 11.7.